The van der Waals surface area contributed by atoms with Gasteiger partial charge in [-0.1, -0.05) is 18.2 Å². The van der Waals surface area contributed by atoms with Gasteiger partial charge in [0.25, 0.3) is 5.91 Å². The van der Waals surface area contributed by atoms with Crippen LogP contribution < -0.4 is 10.1 Å². The van der Waals surface area contributed by atoms with Gasteiger partial charge in [-0.3, -0.25) is 9.78 Å². The van der Waals surface area contributed by atoms with Gasteiger partial charge in [-0.15, -0.1) is 0 Å². The molecule has 23 heavy (non-hydrogen) atoms. The van der Waals surface area contributed by atoms with Gasteiger partial charge in [0.15, 0.2) is 0 Å². The first-order valence-corrected chi connectivity index (χ1v) is 8.24. The molecule has 1 aliphatic carbocycles. The fourth-order valence-electron chi connectivity index (χ4n) is 3.05. The van der Waals surface area contributed by atoms with Gasteiger partial charge in [-0.05, 0) is 49.4 Å². The van der Waals surface area contributed by atoms with E-state index in [4.69, 9.17) is 4.74 Å². The number of benzene rings is 1. The van der Waals surface area contributed by atoms with E-state index in [-0.39, 0.29) is 5.91 Å². The second-order valence-corrected chi connectivity index (χ2v) is 6.48. The molecule has 4 rings (SSSR count). The van der Waals surface area contributed by atoms with Gasteiger partial charge in [0.05, 0.1) is 6.61 Å². The molecule has 2 aromatic rings. The summed E-state index contributed by atoms with van der Waals surface area (Å²) in [5, 5.41) is 3.02. The average molecular weight is 308 g/mol. The lowest BCUT2D eigenvalue weighted by Gasteiger charge is -2.25. The highest BCUT2D eigenvalue weighted by atomic mass is 16.5. The third kappa shape index (κ3) is 3.36. The minimum Gasteiger partial charge on any atom is -0.493 e. The molecule has 1 N–H and O–H groups in total. The number of hydrogen-bond donors (Lipinski definition) is 1. The molecular weight excluding hydrogens is 288 g/mol. The Labute approximate surface area is 135 Å². The molecular formula is C19H20N2O2. The van der Waals surface area contributed by atoms with Crippen molar-refractivity contribution in [3.8, 4) is 5.75 Å². The summed E-state index contributed by atoms with van der Waals surface area (Å²) in [7, 11) is 0. The van der Waals surface area contributed by atoms with Crippen molar-refractivity contribution < 1.29 is 9.53 Å². The van der Waals surface area contributed by atoms with Crippen LogP contribution in [0.3, 0.4) is 0 Å². The lowest BCUT2D eigenvalue weighted by atomic mass is 9.92. The molecule has 2 aliphatic rings. The van der Waals surface area contributed by atoms with E-state index in [1.807, 2.05) is 24.3 Å². The summed E-state index contributed by atoms with van der Waals surface area (Å²) in [6.45, 7) is 0.706. The number of aromatic nitrogens is 1. The average Bonchev–Trinajstić information content (AvgIpc) is 3.39. The van der Waals surface area contributed by atoms with E-state index in [9.17, 15) is 4.79 Å². The summed E-state index contributed by atoms with van der Waals surface area (Å²) >= 11 is 0. The lowest BCUT2D eigenvalue weighted by molar-refractivity contribution is 0.0951. The second-order valence-electron chi connectivity index (χ2n) is 6.48. The van der Waals surface area contributed by atoms with Gasteiger partial charge in [-0.2, -0.15) is 0 Å². The van der Waals surface area contributed by atoms with Crippen molar-refractivity contribution in [1.82, 2.24) is 10.3 Å². The van der Waals surface area contributed by atoms with E-state index in [1.165, 1.54) is 5.56 Å². The van der Waals surface area contributed by atoms with Gasteiger partial charge < -0.3 is 10.1 Å². The second kappa shape index (κ2) is 6.03. The number of carbonyl (C=O) groups excluding carboxylic acids is 1. The zero-order valence-electron chi connectivity index (χ0n) is 13.0. The van der Waals surface area contributed by atoms with Gasteiger partial charge in [0, 0.05) is 29.4 Å². The van der Waals surface area contributed by atoms with Gasteiger partial charge in [-0.25, -0.2) is 0 Å². The van der Waals surface area contributed by atoms with Crippen molar-refractivity contribution in [3.63, 3.8) is 0 Å². The van der Waals surface area contributed by atoms with Gasteiger partial charge in [0.2, 0.25) is 0 Å². The third-order valence-electron chi connectivity index (χ3n) is 4.44. The summed E-state index contributed by atoms with van der Waals surface area (Å²) in [4.78, 5) is 16.6. The van der Waals surface area contributed by atoms with Crippen LogP contribution in [0.1, 0.15) is 34.5 Å². The standard InChI is InChI=1S/C19H20N2O2/c22-19(21-16-5-6-16)15-7-8-20-17(11-15)10-13-9-14-3-1-2-4-18(14)23-12-13/h1-4,7-8,11,13,16H,5-6,9-10,12H2,(H,21,22)/t13-/m1/s1. The number of para-hydroxylation sites is 1. The minimum absolute atomic E-state index is 0.0152. The Balaban J connectivity index is 1.44. The van der Waals surface area contributed by atoms with Crippen LogP contribution in [0.25, 0.3) is 0 Å². The number of amides is 1. The van der Waals surface area contributed by atoms with E-state index in [1.54, 1.807) is 12.3 Å². The van der Waals surface area contributed by atoms with Crippen molar-refractivity contribution in [1.29, 1.82) is 0 Å². The van der Waals surface area contributed by atoms with Gasteiger partial charge >= 0.3 is 0 Å². The maximum atomic E-state index is 12.1. The van der Waals surface area contributed by atoms with Crippen molar-refractivity contribution >= 4 is 5.91 Å². The SMILES string of the molecule is O=C(NC1CC1)c1ccnc(C[C@@H]2COc3ccccc3C2)c1. The van der Waals surface area contributed by atoms with E-state index >= 15 is 0 Å². The molecule has 1 amide bonds. The van der Waals surface area contributed by atoms with E-state index in [0.29, 0.717) is 24.1 Å². The van der Waals surface area contributed by atoms with Crippen LogP contribution >= 0.6 is 0 Å². The Hall–Kier alpha value is -2.36. The van der Waals surface area contributed by atoms with Gasteiger partial charge in [0.1, 0.15) is 5.75 Å². The molecule has 1 aliphatic heterocycles. The molecule has 118 valence electrons. The Bertz CT molecular complexity index is 725. The van der Waals surface area contributed by atoms with E-state index < -0.39 is 0 Å². The van der Waals surface area contributed by atoms with Crippen LogP contribution in [0, 0.1) is 5.92 Å². The molecule has 1 aromatic heterocycles. The Morgan fingerprint density at radius 1 is 1.26 bits per heavy atom. The van der Waals surface area contributed by atoms with Crippen molar-refractivity contribution in [3.05, 3.63) is 59.4 Å². The van der Waals surface area contributed by atoms with Crippen molar-refractivity contribution in [2.45, 2.75) is 31.7 Å². The molecule has 1 fully saturated rings. The molecule has 1 aromatic carbocycles. The zero-order chi connectivity index (χ0) is 15.6. The summed E-state index contributed by atoms with van der Waals surface area (Å²) < 4.78 is 5.84. The maximum Gasteiger partial charge on any atom is 0.251 e. The Kier molecular flexibility index (Phi) is 3.74. The van der Waals surface area contributed by atoms with Crippen LogP contribution in [0.5, 0.6) is 5.75 Å². The molecule has 0 saturated heterocycles. The number of pyridine rings is 1. The minimum atomic E-state index is 0.0152. The van der Waals surface area contributed by atoms with Crippen LogP contribution in [-0.4, -0.2) is 23.5 Å². The Morgan fingerprint density at radius 2 is 2.13 bits per heavy atom. The highest BCUT2D eigenvalue weighted by Crippen LogP contribution is 2.28. The highest BCUT2D eigenvalue weighted by Gasteiger charge is 2.24. The Morgan fingerprint density at radius 3 is 3.00 bits per heavy atom. The molecule has 1 atom stereocenters. The lowest BCUT2D eigenvalue weighted by Crippen LogP contribution is -2.26. The highest BCUT2D eigenvalue weighted by molar-refractivity contribution is 5.94. The number of carbonyl (C=O) groups is 1. The largest absolute Gasteiger partial charge is 0.493 e. The van der Waals surface area contributed by atoms with Crippen LogP contribution in [0.15, 0.2) is 42.6 Å². The van der Waals surface area contributed by atoms with Crippen molar-refractivity contribution in [2.75, 3.05) is 6.61 Å². The first kappa shape index (κ1) is 14.2. The van der Waals surface area contributed by atoms with Crippen LogP contribution in [-0.2, 0) is 12.8 Å². The predicted molar refractivity (Wildman–Crippen MR) is 87.6 cm³/mol. The molecule has 0 spiro atoms. The van der Waals surface area contributed by atoms with Crippen molar-refractivity contribution in [2.24, 2.45) is 5.92 Å². The third-order valence-corrected chi connectivity index (χ3v) is 4.44. The number of nitrogens with zero attached hydrogens (tertiary/aromatic N) is 1. The summed E-state index contributed by atoms with van der Waals surface area (Å²) in [6, 6.07) is 12.3. The molecule has 2 heterocycles. The van der Waals surface area contributed by atoms with E-state index in [2.05, 4.69) is 16.4 Å². The molecule has 1 saturated carbocycles. The number of hydrogen-bond acceptors (Lipinski definition) is 3. The molecule has 4 heteroatoms. The smallest absolute Gasteiger partial charge is 0.251 e. The van der Waals surface area contributed by atoms with Crippen LogP contribution in [0.2, 0.25) is 0 Å². The topological polar surface area (TPSA) is 51.2 Å². The van der Waals surface area contributed by atoms with E-state index in [0.717, 1.165) is 37.1 Å². The number of ether oxygens (including phenoxy) is 1. The molecule has 0 bridgehead atoms. The quantitative estimate of drug-likeness (QED) is 0.945. The van der Waals surface area contributed by atoms with Crippen LogP contribution in [0.4, 0.5) is 0 Å². The summed E-state index contributed by atoms with van der Waals surface area (Å²) in [5.74, 6) is 1.41. The first-order valence-electron chi connectivity index (χ1n) is 8.24. The number of rotatable bonds is 4. The number of fused-ring (bicyclic) bond motifs is 1. The first-order chi connectivity index (χ1) is 11.3. The molecule has 4 nitrogen and oxygen atoms in total. The molecule has 0 radical (unpaired) electrons. The maximum absolute atomic E-state index is 12.1. The predicted octanol–water partition coefficient (Wildman–Crippen LogP) is 2.77. The number of nitrogens with one attached hydrogen (secondary N) is 1. The molecule has 0 unspecified atom stereocenters. The normalized spacial score (nSPS) is 19.6. The summed E-state index contributed by atoms with van der Waals surface area (Å²) in [5.41, 5.74) is 2.92. The summed E-state index contributed by atoms with van der Waals surface area (Å²) in [6.07, 6.45) is 5.76. The fourth-order valence-corrected chi connectivity index (χ4v) is 3.05. The zero-order valence-corrected chi connectivity index (χ0v) is 13.0. The fraction of sp³-hybridized carbons (Fsp3) is 0.368. The monoisotopic (exact) mass is 308 g/mol.